The standard InChI is InChI=1S/C16H14I2/c17-12-11-15(13-7-3-1-4-8-13)16(18)14-9-5-2-6-10-14/h1-10H,11-12H2/b16-15+. The molecule has 0 amide bonds. The molecule has 0 aliphatic heterocycles. The zero-order valence-electron chi connectivity index (χ0n) is 9.94. The first-order chi connectivity index (χ1) is 8.83. The van der Waals surface area contributed by atoms with Crippen molar-refractivity contribution in [3.63, 3.8) is 0 Å². The van der Waals surface area contributed by atoms with Gasteiger partial charge in [-0.15, -0.1) is 0 Å². The van der Waals surface area contributed by atoms with E-state index in [2.05, 4.69) is 106 Å². The van der Waals surface area contributed by atoms with Crippen LogP contribution in [-0.4, -0.2) is 4.43 Å². The van der Waals surface area contributed by atoms with Gasteiger partial charge in [0.1, 0.15) is 0 Å². The number of hydrogen-bond acceptors (Lipinski definition) is 0. The Bertz CT molecular complexity index is 515. The van der Waals surface area contributed by atoms with Crippen LogP contribution in [0.1, 0.15) is 17.5 Å². The molecule has 0 saturated carbocycles. The third-order valence-corrected chi connectivity index (χ3v) is 4.57. The van der Waals surface area contributed by atoms with Crippen LogP contribution in [0.2, 0.25) is 0 Å². The minimum absolute atomic E-state index is 1.11. The van der Waals surface area contributed by atoms with Crippen LogP contribution in [0.4, 0.5) is 0 Å². The van der Waals surface area contributed by atoms with Crippen molar-refractivity contribution in [3.05, 3.63) is 71.8 Å². The lowest BCUT2D eigenvalue weighted by molar-refractivity contribution is 1.29. The Morgan fingerprint density at radius 1 is 0.778 bits per heavy atom. The van der Waals surface area contributed by atoms with Crippen molar-refractivity contribution in [2.24, 2.45) is 0 Å². The molecule has 0 aromatic heterocycles. The van der Waals surface area contributed by atoms with E-state index in [0.717, 1.165) is 10.8 Å². The summed E-state index contributed by atoms with van der Waals surface area (Å²) in [5.74, 6) is 0. The summed E-state index contributed by atoms with van der Waals surface area (Å²) < 4.78 is 2.50. The van der Waals surface area contributed by atoms with Crippen LogP contribution in [0.25, 0.3) is 9.15 Å². The van der Waals surface area contributed by atoms with Gasteiger partial charge >= 0.3 is 0 Å². The van der Waals surface area contributed by atoms with E-state index in [9.17, 15) is 0 Å². The van der Waals surface area contributed by atoms with Crippen molar-refractivity contribution in [2.75, 3.05) is 4.43 Å². The number of hydrogen-bond donors (Lipinski definition) is 0. The van der Waals surface area contributed by atoms with Crippen LogP contribution in [-0.2, 0) is 0 Å². The molecule has 0 aliphatic carbocycles. The second kappa shape index (κ2) is 7.28. The highest BCUT2D eigenvalue weighted by molar-refractivity contribution is 14.1. The fraction of sp³-hybridized carbons (Fsp3) is 0.125. The maximum absolute atomic E-state index is 2.47. The smallest absolute Gasteiger partial charge is 0.0241 e. The zero-order chi connectivity index (χ0) is 12.8. The maximum atomic E-state index is 2.47. The van der Waals surface area contributed by atoms with Gasteiger partial charge in [0.25, 0.3) is 0 Å². The topological polar surface area (TPSA) is 0 Å². The summed E-state index contributed by atoms with van der Waals surface area (Å²) in [5.41, 5.74) is 4.08. The minimum Gasteiger partial charge on any atom is -0.0860 e. The normalized spacial score (nSPS) is 12.1. The lowest BCUT2D eigenvalue weighted by Gasteiger charge is -2.11. The summed E-state index contributed by atoms with van der Waals surface area (Å²) in [6.45, 7) is 0. The summed E-state index contributed by atoms with van der Waals surface area (Å²) in [6, 6.07) is 21.3. The second-order valence-electron chi connectivity index (χ2n) is 3.96. The molecule has 2 aromatic rings. The van der Waals surface area contributed by atoms with Gasteiger partial charge in [0.15, 0.2) is 0 Å². The lowest BCUT2D eigenvalue weighted by Crippen LogP contribution is -1.89. The van der Waals surface area contributed by atoms with Gasteiger partial charge in [-0.3, -0.25) is 0 Å². The van der Waals surface area contributed by atoms with Crippen molar-refractivity contribution in [3.8, 4) is 0 Å². The highest BCUT2D eigenvalue weighted by Crippen LogP contribution is 2.34. The van der Waals surface area contributed by atoms with Gasteiger partial charge in [-0.05, 0) is 45.7 Å². The van der Waals surface area contributed by atoms with Gasteiger partial charge in [-0.2, -0.15) is 0 Å². The molecule has 0 N–H and O–H groups in total. The summed E-state index contributed by atoms with van der Waals surface area (Å²) in [5, 5.41) is 0. The van der Waals surface area contributed by atoms with Crippen molar-refractivity contribution < 1.29 is 0 Å². The van der Waals surface area contributed by atoms with Crippen LogP contribution in [0.5, 0.6) is 0 Å². The van der Waals surface area contributed by atoms with E-state index in [1.807, 2.05) is 0 Å². The van der Waals surface area contributed by atoms with Gasteiger partial charge in [-0.1, -0.05) is 83.3 Å². The Balaban J connectivity index is 2.47. The average molecular weight is 460 g/mol. The molecule has 0 bridgehead atoms. The Morgan fingerprint density at radius 3 is 1.78 bits per heavy atom. The van der Waals surface area contributed by atoms with Gasteiger partial charge in [0.05, 0.1) is 0 Å². The highest BCUT2D eigenvalue weighted by atomic mass is 127. The SMILES string of the molecule is ICC/C(=C(\I)c1ccccc1)c1ccccc1. The van der Waals surface area contributed by atoms with E-state index < -0.39 is 0 Å². The summed E-state index contributed by atoms with van der Waals surface area (Å²) in [6.07, 6.45) is 1.11. The number of benzene rings is 2. The lowest BCUT2D eigenvalue weighted by atomic mass is 10.0. The fourth-order valence-corrected chi connectivity index (χ4v) is 3.35. The molecule has 0 radical (unpaired) electrons. The Morgan fingerprint density at radius 2 is 1.28 bits per heavy atom. The number of allylic oxidation sites excluding steroid dienone is 1. The summed E-state index contributed by atoms with van der Waals surface area (Å²) in [4.78, 5) is 0. The Labute approximate surface area is 136 Å². The van der Waals surface area contributed by atoms with E-state index in [-0.39, 0.29) is 0 Å². The summed E-state index contributed by atoms with van der Waals surface area (Å²) in [7, 11) is 0. The molecular weight excluding hydrogens is 446 g/mol. The molecular formula is C16H14I2. The first-order valence-electron chi connectivity index (χ1n) is 5.88. The predicted octanol–water partition coefficient (Wildman–Crippen LogP) is 5.82. The van der Waals surface area contributed by atoms with Gasteiger partial charge in [0, 0.05) is 8.01 Å². The molecule has 0 saturated heterocycles. The third-order valence-electron chi connectivity index (χ3n) is 2.76. The molecule has 92 valence electrons. The monoisotopic (exact) mass is 460 g/mol. The van der Waals surface area contributed by atoms with E-state index in [1.54, 1.807) is 0 Å². The van der Waals surface area contributed by atoms with Crippen molar-refractivity contribution >= 4 is 54.3 Å². The fourth-order valence-electron chi connectivity index (χ4n) is 1.87. The molecule has 0 fully saturated rings. The molecule has 0 atom stereocenters. The highest BCUT2D eigenvalue weighted by Gasteiger charge is 2.08. The van der Waals surface area contributed by atoms with E-state index in [4.69, 9.17) is 0 Å². The van der Waals surface area contributed by atoms with Gasteiger partial charge < -0.3 is 0 Å². The first kappa shape index (κ1) is 14.1. The number of rotatable bonds is 4. The molecule has 0 nitrogen and oxygen atoms in total. The Kier molecular flexibility index (Phi) is 5.69. The molecule has 0 heterocycles. The summed E-state index contributed by atoms with van der Waals surface area (Å²) >= 11 is 4.92. The number of halogens is 2. The molecule has 2 rings (SSSR count). The molecule has 0 unspecified atom stereocenters. The second-order valence-corrected chi connectivity index (χ2v) is 6.12. The average Bonchev–Trinajstić information content (AvgIpc) is 2.46. The predicted molar refractivity (Wildman–Crippen MR) is 97.2 cm³/mol. The maximum Gasteiger partial charge on any atom is 0.0241 e. The number of alkyl halides is 1. The molecule has 0 aliphatic rings. The molecule has 18 heavy (non-hydrogen) atoms. The molecule has 2 heteroatoms. The molecule has 2 aromatic carbocycles. The van der Waals surface area contributed by atoms with Crippen LogP contribution in [0.15, 0.2) is 60.7 Å². The van der Waals surface area contributed by atoms with E-state index in [1.165, 1.54) is 20.3 Å². The van der Waals surface area contributed by atoms with Crippen LogP contribution in [0.3, 0.4) is 0 Å². The first-order valence-corrected chi connectivity index (χ1v) is 8.49. The van der Waals surface area contributed by atoms with Crippen molar-refractivity contribution in [2.45, 2.75) is 6.42 Å². The van der Waals surface area contributed by atoms with Gasteiger partial charge in [0.2, 0.25) is 0 Å². The van der Waals surface area contributed by atoms with Crippen LogP contribution >= 0.6 is 45.2 Å². The Hall–Kier alpha value is -0.360. The van der Waals surface area contributed by atoms with Crippen molar-refractivity contribution in [1.82, 2.24) is 0 Å². The van der Waals surface area contributed by atoms with E-state index >= 15 is 0 Å². The van der Waals surface area contributed by atoms with Gasteiger partial charge in [-0.25, -0.2) is 0 Å². The van der Waals surface area contributed by atoms with Crippen molar-refractivity contribution in [1.29, 1.82) is 0 Å². The van der Waals surface area contributed by atoms with Crippen LogP contribution < -0.4 is 0 Å². The third kappa shape index (κ3) is 3.57. The van der Waals surface area contributed by atoms with E-state index in [0.29, 0.717) is 0 Å². The minimum atomic E-state index is 1.11. The van der Waals surface area contributed by atoms with Crippen LogP contribution in [0, 0.1) is 0 Å². The molecule has 0 spiro atoms. The zero-order valence-corrected chi connectivity index (χ0v) is 14.3. The largest absolute Gasteiger partial charge is 0.0860 e. The quantitative estimate of drug-likeness (QED) is 0.307.